The van der Waals surface area contributed by atoms with Crippen molar-refractivity contribution in [1.29, 1.82) is 0 Å². The van der Waals surface area contributed by atoms with E-state index < -0.39 is 9.84 Å². The Bertz CT molecular complexity index is 851. The fraction of sp³-hybridized carbons (Fsp3) is 0.526. The van der Waals surface area contributed by atoms with Crippen LogP contribution in [-0.4, -0.2) is 49.3 Å². The number of benzene rings is 1. The first kappa shape index (κ1) is 19.1. The molecule has 0 unspecified atom stereocenters. The normalized spacial score (nSPS) is 19.6. The minimum atomic E-state index is -3.17. The molecule has 1 aliphatic heterocycles. The van der Waals surface area contributed by atoms with Crippen LogP contribution < -0.4 is 0 Å². The Morgan fingerprint density at radius 1 is 1.27 bits per heavy atom. The lowest BCUT2D eigenvalue weighted by Gasteiger charge is -2.34. The third-order valence-corrected chi connectivity index (χ3v) is 5.82. The standard InChI is InChI=1S/C19H27N3O3S/c1-19(2,3)17-11-20-18(21-17)16-13-25-10-9-22(16)12-14-5-7-15(8-6-14)26(4,23)24/h5-8,11,16H,9-10,12-13H2,1-4H3,(H,20,21)/t16-/m0/s1. The van der Waals surface area contributed by atoms with E-state index >= 15 is 0 Å². The fourth-order valence-corrected chi connectivity index (χ4v) is 3.67. The second kappa shape index (κ2) is 7.13. The van der Waals surface area contributed by atoms with Crippen LogP contribution in [0.1, 0.15) is 43.9 Å². The van der Waals surface area contributed by atoms with E-state index in [4.69, 9.17) is 4.74 Å². The first-order chi connectivity index (χ1) is 12.1. The molecule has 6 nitrogen and oxygen atoms in total. The van der Waals surface area contributed by atoms with Crippen LogP contribution >= 0.6 is 0 Å². The molecule has 0 aliphatic carbocycles. The van der Waals surface area contributed by atoms with Crippen LogP contribution in [-0.2, 0) is 26.5 Å². The number of nitrogens with zero attached hydrogens (tertiary/aromatic N) is 2. The molecule has 1 aromatic carbocycles. The maximum atomic E-state index is 11.6. The number of H-pyrrole nitrogens is 1. The Balaban J connectivity index is 1.78. The maximum Gasteiger partial charge on any atom is 0.175 e. The fourth-order valence-electron chi connectivity index (χ4n) is 3.04. The summed E-state index contributed by atoms with van der Waals surface area (Å²) in [5, 5.41) is 0. The average Bonchev–Trinajstić information content (AvgIpc) is 3.05. The van der Waals surface area contributed by atoms with Crippen molar-refractivity contribution in [3.63, 3.8) is 0 Å². The molecule has 3 rings (SSSR count). The quantitative estimate of drug-likeness (QED) is 0.887. The van der Waals surface area contributed by atoms with Gasteiger partial charge in [0.1, 0.15) is 5.82 Å². The van der Waals surface area contributed by atoms with Crippen molar-refractivity contribution in [2.75, 3.05) is 26.0 Å². The highest BCUT2D eigenvalue weighted by molar-refractivity contribution is 7.90. The van der Waals surface area contributed by atoms with E-state index in [0.717, 1.165) is 30.2 Å². The van der Waals surface area contributed by atoms with Gasteiger partial charge in [-0.2, -0.15) is 0 Å². The number of aromatic nitrogens is 2. The summed E-state index contributed by atoms with van der Waals surface area (Å²) in [6.07, 6.45) is 3.13. The summed E-state index contributed by atoms with van der Waals surface area (Å²) in [6, 6.07) is 7.17. The molecule has 142 valence electrons. The predicted molar refractivity (Wildman–Crippen MR) is 101 cm³/mol. The van der Waals surface area contributed by atoms with Gasteiger partial charge >= 0.3 is 0 Å². The molecule has 0 spiro atoms. The Morgan fingerprint density at radius 2 is 1.96 bits per heavy atom. The summed E-state index contributed by atoms with van der Waals surface area (Å²) in [4.78, 5) is 10.7. The van der Waals surface area contributed by atoms with Crippen molar-refractivity contribution in [2.45, 2.75) is 43.7 Å². The molecular weight excluding hydrogens is 350 g/mol. The molecule has 1 aliphatic rings. The van der Waals surface area contributed by atoms with Crippen LogP contribution in [0, 0.1) is 0 Å². The zero-order chi connectivity index (χ0) is 18.9. The van der Waals surface area contributed by atoms with Gasteiger partial charge in [0, 0.05) is 36.7 Å². The molecule has 1 saturated heterocycles. The first-order valence-corrected chi connectivity index (χ1v) is 10.7. The van der Waals surface area contributed by atoms with Crippen molar-refractivity contribution in [3.8, 4) is 0 Å². The highest BCUT2D eigenvalue weighted by Gasteiger charge is 2.28. The number of aromatic amines is 1. The van der Waals surface area contributed by atoms with Gasteiger partial charge in [-0.1, -0.05) is 32.9 Å². The summed E-state index contributed by atoms with van der Waals surface area (Å²) in [7, 11) is -3.17. The summed E-state index contributed by atoms with van der Waals surface area (Å²) >= 11 is 0. The molecular formula is C19H27N3O3S. The summed E-state index contributed by atoms with van der Waals surface area (Å²) < 4.78 is 28.9. The van der Waals surface area contributed by atoms with Crippen molar-refractivity contribution in [3.05, 3.63) is 47.5 Å². The predicted octanol–water partition coefficient (Wildman–Crippen LogP) is 2.68. The molecule has 0 amide bonds. The number of hydrogen-bond acceptors (Lipinski definition) is 5. The molecule has 1 atom stereocenters. The molecule has 2 aromatic rings. The van der Waals surface area contributed by atoms with Gasteiger partial charge in [0.05, 0.1) is 24.2 Å². The van der Waals surface area contributed by atoms with Crippen molar-refractivity contribution in [1.82, 2.24) is 14.9 Å². The molecule has 26 heavy (non-hydrogen) atoms. The van der Waals surface area contributed by atoms with Crippen molar-refractivity contribution in [2.24, 2.45) is 0 Å². The second-order valence-electron chi connectivity index (χ2n) is 7.91. The smallest absolute Gasteiger partial charge is 0.175 e. The van der Waals surface area contributed by atoms with Gasteiger partial charge in [-0.25, -0.2) is 13.4 Å². The Kier molecular flexibility index (Phi) is 5.23. The van der Waals surface area contributed by atoms with Crippen LogP contribution in [0.15, 0.2) is 35.4 Å². The SMILES string of the molecule is CC(C)(C)c1cnc([C@@H]2COCCN2Cc2ccc(S(C)(=O)=O)cc2)[nH]1. The molecule has 0 radical (unpaired) electrons. The van der Waals surface area contributed by atoms with E-state index in [0.29, 0.717) is 18.1 Å². The van der Waals surface area contributed by atoms with Crippen LogP contribution in [0.2, 0.25) is 0 Å². The number of hydrogen-bond donors (Lipinski definition) is 1. The van der Waals surface area contributed by atoms with E-state index in [9.17, 15) is 8.42 Å². The van der Waals surface area contributed by atoms with Crippen LogP contribution in [0.5, 0.6) is 0 Å². The van der Waals surface area contributed by atoms with Gasteiger partial charge in [0.2, 0.25) is 0 Å². The van der Waals surface area contributed by atoms with Crippen LogP contribution in [0.3, 0.4) is 0 Å². The minimum Gasteiger partial charge on any atom is -0.378 e. The van der Waals surface area contributed by atoms with E-state index in [1.165, 1.54) is 6.26 Å². The minimum absolute atomic E-state index is 0.0209. The molecule has 1 aromatic heterocycles. The molecule has 0 bridgehead atoms. The van der Waals surface area contributed by atoms with E-state index in [2.05, 4.69) is 35.6 Å². The van der Waals surface area contributed by atoms with Gasteiger partial charge < -0.3 is 9.72 Å². The van der Waals surface area contributed by atoms with Crippen LogP contribution in [0.4, 0.5) is 0 Å². The molecule has 0 saturated carbocycles. The summed E-state index contributed by atoms with van der Waals surface area (Å²) in [5.74, 6) is 0.919. The number of imidazole rings is 1. The summed E-state index contributed by atoms with van der Waals surface area (Å²) in [5.41, 5.74) is 2.20. The lowest BCUT2D eigenvalue weighted by atomic mass is 9.93. The van der Waals surface area contributed by atoms with E-state index in [1.54, 1.807) is 12.1 Å². The maximum absolute atomic E-state index is 11.6. The van der Waals surface area contributed by atoms with E-state index in [1.807, 2.05) is 18.3 Å². The topological polar surface area (TPSA) is 75.3 Å². The molecule has 1 fully saturated rings. The highest BCUT2D eigenvalue weighted by atomic mass is 32.2. The van der Waals surface area contributed by atoms with Gasteiger partial charge in [-0.3, -0.25) is 4.90 Å². The van der Waals surface area contributed by atoms with Gasteiger partial charge in [0.25, 0.3) is 0 Å². The first-order valence-electron chi connectivity index (χ1n) is 8.81. The largest absolute Gasteiger partial charge is 0.378 e. The third kappa shape index (κ3) is 4.34. The zero-order valence-corrected chi connectivity index (χ0v) is 16.6. The summed E-state index contributed by atoms with van der Waals surface area (Å²) in [6.45, 7) is 9.28. The zero-order valence-electron chi connectivity index (χ0n) is 15.8. The Hall–Kier alpha value is -1.70. The lowest BCUT2D eigenvalue weighted by molar-refractivity contribution is -0.0157. The van der Waals surface area contributed by atoms with Gasteiger partial charge in [0.15, 0.2) is 9.84 Å². The average molecular weight is 378 g/mol. The lowest BCUT2D eigenvalue weighted by Crippen LogP contribution is -2.39. The Morgan fingerprint density at radius 3 is 2.54 bits per heavy atom. The van der Waals surface area contributed by atoms with Crippen molar-refractivity contribution < 1.29 is 13.2 Å². The molecule has 7 heteroatoms. The third-order valence-electron chi connectivity index (χ3n) is 4.70. The highest BCUT2D eigenvalue weighted by Crippen LogP contribution is 2.27. The molecule has 2 heterocycles. The number of nitrogens with one attached hydrogen (secondary N) is 1. The Labute approximate surface area is 155 Å². The van der Waals surface area contributed by atoms with Crippen molar-refractivity contribution >= 4 is 9.84 Å². The van der Waals surface area contributed by atoms with Crippen LogP contribution in [0.25, 0.3) is 0 Å². The second-order valence-corrected chi connectivity index (χ2v) is 9.93. The number of rotatable bonds is 4. The van der Waals surface area contributed by atoms with Gasteiger partial charge in [-0.05, 0) is 17.7 Å². The number of sulfone groups is 1. The van der Waals surface area contributed by atoms with Gasteiger partial charge in [-0.15, -0.1) is 0 Å². The van der Waals surface area contributed by atoms with E-state index in [-0.39, 0.29) is 11.5 Å². The number of morpholine rings is 1. The molecule has 1 N–H and O–H groups in total. The monoisotopic (exact) mass is 377 g/mol. The number of ether oxygens (including phenoxy) is 1.